The number of likely N-dealkylation sites (tertiary alicyclic amines) is 1. The molecule has 1 aliphatic heterocycles. The molecule has 84 valence electrons. The molecule has 0 aromatic carbocycles. The van der Waals surface area contributed by atoms with Gasteiger partial charge < -0.3 is 15.4 Å². The molecule has 0 bridgehead atoms. The third-order valence-electron chi connectivity index (χ3n) is 2.91. The Morgan fingerprint density at radius 2 is 2.36 bits per heavy atom. The highest BCUT2D eigenvalue weighted by molar-refractivity contribution is 4.75. The summed E-state index contributed by atoms with van der Waals surface area (Å²) >= 11 is 0. The maximum atomic E-state index is 5.71. The maximum Gasteiger partial charge on any atom is 0.0503 e. The molecule has 2 atom stereocenters. The van der Waals surface area contributed by atoms with Gasteiger partial charge in [0.05, 0.1) is 6.61 Å². The zero-order chi connectivity index (χ0) is 10.4. The van der Waals surface area contributed by atoms with E-state index < -0.39 is 0 Å². The molecule has 0 radical (unpaired) electrons. The largest absolute Gasteiger partial charge is 0.384 e. The summed E-state index contributed by atoms with van der Waals surface area (Å²) in [5.74, 6) is 0.760. The van der Waals surface area contributed by atoms with Crippen LogP contribution in [0, 0.1) is 5.92 Å². The summed E-state index contributed by atoms with van der Waals surface area (Å²) in [6.45, 7) is 6.67. The summed E-state index contributed by atoms with van der Waals surface area (Å²) < 4.78 is 5.17. The number of hydrogen-bond donors (Lipinski definition) is 1. The maximum absolute atomic E-state index is 5.71. The third kappa shape index (κ3) is 4.40. The van der Waals surface area contributed by atoms with E-state index in [1.807, 2.05) is 0 Å². The summed E-state index contributed by atoms with van der Waals surface area (Å²) in [4.78, 5) is 2.53. The van der Waals surface area contributed by atoms with Gasteiger partial charge in [0.15, 0.2) is 0 Å². The molecule has 0 aromatic heterocycles. The van der Waals surface area contributed by atoms with Crippen LogP contribution in [0.2, 0.25) is 0 Å². The molecule has 3 heteroatoms. The fraction of sp³-hybridized carbons (Fsp3) is 1.00. The van der Waals surface area contributed by atoms with Crippen LogP contribution in [0.5, 0.6) is 0 Å². The summed E-state index contributed by atoms with van der Waals surface area (Å²) in [6.07, 6.45) is 3.68. The second-order valence-electron chi connectivity index (χ2n) is 4.53. The first kappa shape index (κ1) is 12.0. The van der Waals surface area contributed by atoms with Crippen LogP contribution in [-0.4, -0.2) is 44.3 Å². The topological polar surface area (TPSA) is 38.5 Å². The standard InChI is InChI=1S/C11H24N2O/c1-10(12)4-3-6-13-7-5-11(8-13)9-14-2/h10-11H,3-9,12H2,1-2H3. The van der Waals surface area contributed by atoms with Crippen LogP contribution in [0.4, 0.5) is 0 Å². The molecule has 1 fully saturated rings. The minimum Gasteiger partial charge on any atom is -0.384 e. The molecular formula is C11H24N2O. The van der Waals surface area contributed by atoms with Gasteiger partial charge in [-0.3, -0.25) is 0 Å². The average molecular weight is 200 g/mol. The molecule has 2 unspecified atom stereocenters. The van der Waals surface area contributed by atoms with Gasteiger partial charge >= 0.3 is 0 Å². The van der Waals surface area contributed by atoms with E-state index in [4.69, 9.17) is 10.5 Å². The SMILES string of the molecule is COCC1CCN(CCCC(C)N)C1. The quantitative estimate of drug-likeness (QED) is 0.697. The second kappa shape index (κ2) is 6.38. The van der Waals surface area contributed by atoms with Crippen molar-refractivity contribution in [2.45, 2.75) is 32.2 Å². The fourth-order valence-corrected chi connectivity index (χ4v) is 2.12. The lowest BCUT2D eigenvalue weighted by Crippen LogP contribution is -2.24. The molecule has 0 aromatic rings. The van der Waals surface area contributed by atoms with Gasteiger partial charge in [-0.15, -0.1) is 0 Å². The van der Waals surface area contributed by atoms with Crippen LogP contribution in [-0.2, 0) is 4.74 Å². The van der Waals surface area contributed by atoms with Crippen LogP contribution in [0.1, 0.15) is 26.2 Å². The number of hydrogen-bond acceptors (Lipinski definition) is 3. The van der Waals surface area contributed by atoms with E-state index in [9.17, 15) is 0 Å². The Balaban J connectivity index is 2.04. The molecule has 0 spiro atoms. The van der Waals surface area contributed by atoms with Crippen molar-refractivity contribution in [3.63, 3.8) is 0 Å². The number of ether oxygens (including phenoxy) is 1. The van der Waals surface area contributed by atoms with Crippen molar-refractivity contribution in [3.8, 4) is 0 Å². The summed E-state index contributed by atoms with van der Waals surface area (Å²) in [7, 11) is 1.79. The van der Waals surface area contributed by atoms with Crippen LogP contribution in [0.3, 0.4) is 0 Å². The number of rotatable bonds is 6. The number of nitrogens with zero attached hydrogens (tertiary/aromatic N) is 1. The van der Waals surface area contributed by atoms with Crippen molar-refractivity contribution >= 4 is 0 Å². The molecular weight excluding hydrogens is 176 g/mol. The van der Waals surface area contributed by atoms with Crippen LogP contribution in [0.15, 0.2) is 0 Å². The second-order valence-corrected chi connectivity index (χ2v) is 4.53. The molecule has 14 heavy (non-hydrogen) atoms. The van der Waals surface area contributed by atoms with E-state index in [2.05, 4.69) is 11.8 Å². The van der Waals surface area contributed by atoms with Crippen LogP contribution < -0.4 is 5.73 Å². The Morgan fingerprint density at radius 3 is 3.00 bits per heavy atom. The van der Waals surface area contributed by atoms with E-state index in [1.165, 1.54) is 32.5 Å². The molecule has 0 saturated carbocycles. The van der Waals surface area contributed by atoms with E-state index in [0.717, 1.165) is 18.9 Å². The summed E-state index contributed by atoms with van der Waals surface area (Å²) in [5.41, 5.74) is 5.71. The van der Waals surface area contributed by atoms with Crippen molar-refractivity contribution in [3.05, 3.63) is 0 Å². The smallest absolute Gasteiger partial charge is 0.0503 e. The summed E-state index contributed by atoms with van der Waals surface area (Å²) in [6, 6.07) is 0.354. The Morgan fingerprint density at radius 1 is 1.57 bits per heavy atom. The van der Waals surface area contributed by atoms with E-state index >= 15 is 0 Å². The zero-order valence-corrected chi connectivity index (χ0v) is 9.54. The molecule has 2 N–H and O–H groups in total. The molecule has 1 aliphatic rings. The van der Waals surface area contributed by atoms with E-state index in [-0.39, 0.29) is 0 Å². The number of methoxy groups -OCH3 is 1. The molecule has 3 nitrogen and oxygen atoms in total. The lowest BCUT2D eigenvalue weighted by atomic mass is 10.1. The molecule has 0 amide bonds. The monoisotopic (exact) mass is 200 g/mol. The average Bonchev–Trinajstić information content (AvgIpc) is 2.53. The van der Waals surface area contributed by atoms with Gasteiger partial charge in [0.1, 0.15) is 0 Å². The first-order valence-corrected chi connectivity index (χ1v) is 5.69. The molecule has 1 rings (SSSR count). The highest BCUT2D eigenvalue weighted by Crippen LogP contribution is 2.16. The van der Waals surface area contributed by atoms with Crippen molar-refractivity contribution in [2.24, 2.45) is 11.7 Å². The van der Waals surface area contributed by atoms with Gasteiger partial charge in [-0.05, 0) is 45.2 Å². The van der Waals surface area contributed by atoms with E-state index in [1.54, 1.807) is 7.11 Å². The Hall–Kier alpha value is -0.120. The van der Waals surface area contributed by atoms with Gasteiger partial charge in [0, 0.05) is 19.7 Å². The summed E-state index contributed by atoms with van der Waals surface area (Å²) in [5, 5.41) is 0. The van der Waals surface area contributed by atoms with Crippen molar-refractivity contribution in [2.75, 3.05) is 33.4 Å². The Bertz CT molecular complexity index is 150. The van der Waals surface area contributed by atoms with Gasteiger partial charge in [0.25, 0.3) is 0 Å². The number of nitrogens with two attached hydrogens (primary N) is 1. The van der Waals surface area contributed by atoms with Gasteiger partial charge in [-0.2, -0.15) is 0 Å². The van der Waals surface area contributed by atoms with Crippen molar-refractivity contribution < 1.29 is 4.74 Å². The lowest BCUT2D eigenvalue weighted by Gasteiger charge is -2.16. The third-order valence-corrected chi connectivity index (χ3v) is 2.91. The molecule has 1 saturated heterocycles. The predicted molar refractivity (Wildman–Crippen MR) is 59.3 cm³/mol. The minimum absolute atomic E-state index is 0.354. The Kier molecular flexibility index (Phi) is 5.45. The Labute approximate surface area is 87.6 Å². The van der Waals surface area contributed by atoms with E-state index in [0.29, 0.717) is 6.04 Å². The predicted octanol–water partition coefficient (Wildman–Crippen LogP) is 1.08. The normalized spacial score (nSPS) is 25.5. The first-order chi connectivity index (χ1) is 6.72. The van der Waals surface area contributed by atoms with Crippen molar-refractivity contribution in [1.82, 2.24) is 4.90 Å². The first-order valence-electron chi connectivity index (χ1n) is 5.69. The van der Waals surface area contributed by atoms with Crippen LogP contribution >= 0.6 is 0 Å². The van der Waals surface area contributed by atoms with Gasteiger partial charge in [0.2, 0.25) is 0 Å². The highest BCUT2D eigenvalue weighted by Gasteiger charge is 2.21. The zero-order valence-electron chi connectivity index (χ0n) is 9.54. The van der Waals surface area contributed by atoms with Gasteiger partial charge in [-0.25, -0.2) is 0 Å². The molecule has 1 heterocycles. The van der Waals surface area contributed by atoms with Crippen LogP contribution in [0.25, 0.3) is 0 Å². The van der Waals surface area contributed by atoms with Gasteiger partial charge in [-0.1, -0.05) is 0 Å². The fourth-order valence-electron chi connectivity index (χ4n) is 2.12. The highest BCUT2D eigenvalue weighted by atomic mass is 16.5. The van der Waals surface area contributed by atoms with Crippen molar-refractivity contribution in [1.29, 1.82) is 0 Å². The minimum atomic E-state index is 0.354. The lowest BCUT2D eigenvalue weighted by molar-refractivity contribution is 0.153. The molecule has 0 aliphatic carbocycles.